The molecule has 3 N–H and O–H groups in total. The maximum Gasteiger partial charge on any atom is 0.335 e. The first kappa shape index (κ1) is 15.0. The molecule has 0 saturated carbocycles. The number of aliphatic hydroxyl groups excluding tert-OH is 1. The zero-order valence-corrected chi connectivity index (χ0v) is 10.9. The fourth-order valence-electron chi connectivity index (χ4n) is 1.26. The van der Waals surface area contributed by atoms with Crippen molar-refractivity contribution in [2.24, 2.45) is 0 Å². The van der Waals surface area contributed by atoms with Gasteiger partial charge in [-0.25, -0.2) is 13.6 Å². The lowest BCUT2D eigenvalue weighted by Gasteiger charge is -2.14. The molecule has 4 nitrogen and oxygen atoms in total. The standard InChI is InChI=1S/C11H12BrF2NO3/c12-9-3-7(10(17)18)1-2-8(9)4-15-5-11(13,14)6-16/h1-3,15-16H,4-6H2,(H,17,18). The molecule has 100 valence electrons. The Morgan fingerprint density at radius 2 is 2.11 bits per heavy atom. The molecule has 0 amide bonds. The number of nitrogens with one attached hydrogen (secondary N) is 1. The van der Waals surface area contributed by atoms with Crippen molar-refractivity contribution in [3.63, 3.8) is 0 Å². The molecule has 7 heteroatoms. The van der Waals surface area contributed by atoms with Crippen LogP contribution in [0.2, 0.25) is 0 Å². The summed E-state index contributed by atoms with van der Waals surface area (Å²) in [6.07, 6.45) is 0. The molecular weight excluding hydrogens is 312 g/mol. The second-order valence-electron chi connectivity index (χ2n) is 3.73. The van der Waals surface area contributed by atoms with Crippen LogP contribution in [0.3, 0.4) is 0 Å². The zero-order valence-electron chi connectivity index (χ0n) is 9.29. The first-order valence-corrected chi connectivity index (χ1v) is 5.86. The summed E-state index contributed by atoms with van der Waals surface area (Å²) >= 11 is 3.17. The maximum absolute atomic E-state index is 12.7. The molecule has 1 aromatic rings. The van der Waals surface area contributed by atoms with Crippen LogP contribution in [0.25, 0.3) is 0 Å². The highest BCUT2D eigenvalue weighted by molar-refractivity contribution is 9.10. The lowest BCUT2D eigenvalue weighted by molar-refractivity contribution is -0.0477. The average Bonchev–Trinajstić information content (AvgIpc) is 2.31. The third kappa shape index (κ3) is 4.32. The Labute approximate surface area is 111 Å². The SMILES string of the molecule is O=C(O)c1ccc(CNCC(F)(F)CO)c(Br)c1. The quantitative estimate of drug-likeness (QED) is 0.747. The van der Waals surface area contributed by atoms with Gasteiger partial charge in [-0.3, -0.25) is 0 Å². The van der Waals surface area contributed by atoms with Crippen LogP contribution in [-0.4, -0.2) is 35.3 Å². The topological polar surface area (TPSA) is 69.6 Å². The molecule has 0 saturated heterocycles. The highest BCUT2D eigenvalue weighted by atomic mass is 79.9. The molecular formula is C11H12BrF2NO3. The van der Waals surface area contributed by atoms with E-state index in [9.17, 15) is 13.6 Å². The van der Waals surface area contributed by atoms with Crippen molar-refractivity contribution in [3.05, 3.63) is 33.8 Å². The highest BCUT2D eigenvalue weighted by Crippen LogP contribution is 2.19. The summed E-state index contributed by atoms with van der Waals surface area (Å²) in [5, 5.41) is 19.6. The van der Waals surface area contributed by atoms with Crippen molar-refractivity contribution in [2.45, 2.75) is 12.5 Å². The van der Waals surface area contributed by atoms with Crippen molar-refractivity contribution >= 4 is 21.9 Å². The van der Waals surface area contributed by atoms with Gasteiger partial charge >= 0.3 is 5.97 Å². The molecule has 0 aromatic heterocycles. The van der Waals surface area contributed by atoms with E-state index in [1.165, 1.54) is 18.2 Å². The lowest BCUT2D eigenvalue weighted by Crippen LogP contribution is -2.35. The largest absolute Gasteiger partial charge is 0.478 e. The van der Waals surface area contributed by atoms with Gasteiger partial charge in [0.1, 0.15) is 6.61 Å². The van der Waals surface area contributed by atoms with E-state index in [2.05, 4.69) is 21.2 Å². The number of aromatic carboxylic acids is 1. The number of carboxylic acids is 1. The van der Waals surface area contributed by atoms with Crippen molar-refractivity contribution in [1.82, 2.24) is 5.32 Å². The number of rotatable bonds is 6. The van der Waals surface area contributed by atoms with Crippen LogP contribution in [0, 0.1) is 0 Å². The van der Waals surface area contributed by atoms with Gasteiger partial charge in [-0.2, -0.15) is 0 Å². The number of hydrogen-bond acceptors (Lipinski definition) is 3. The number of halogens is 3. The van der Waals surface area contributed by atoms with E-state index >= 15 is 0 Å². The predicted octanol–water partition coefficient (Wildman–Crippen LogP) is 1.86. The smallest absolute Gasteiger partial charge is 0.335 e. The van der Waals surface area contributed by atoms with Crippen LogP contribution in [0.5, 0.6) is 0 Å². The molecule has 0 aliphatic heterocycles. The third-order valence-corrected chi connectivity index (χ3v) is 2.97. The number of benzene rings is 1. The van der Waals surface area contributed by atoms with Crippen LogP contribution >= 0.6 is 15.9 Å². The molecule has 18 heavy (non-hydrogen) atoms. The van der Waals surface area contributed by atoms with Gasteiger partial charge in [0, 0.05) is 11.0 Å². The van der Waals surface area contributed by atoms with E-state index in [1.54, 1.807) is 0 Å². The van der Waals surface area contributed by atoms with Gasteiger partial charge < -0.3 is 15.5 Å². The van der Waals surface area contributed by atoms with Gasteiger partial charge in [-0.1, -0.05) is 22.0 Å². The molecule has 0 unspecified atom stereocenters. The summed E-state index contributed by atoms with van der Waals surface area (Å²) in [5.74, 6) is -4.21. The molecule has 0 aliphatic rings. The highest BCUT2D eigenvalue weighted by Gasteiger charge is 2.26. The van der Waals surface area contributed by atoms with Crippen molar-refractivity contribution in [2.75, 3.05) is 13.2 Å². The molecule has 0 spiro atoms. The lowest BCUT2D eigenvalue weighted by atomic mass is 10.1. The number of aliphatic hydroxyl groups is 1. The second kappa shape index (κ2) is 6.21. The van der Waals surface area contributed by atoms with Gasteiger partial charge in [0.05, 0.1) is 12.1 Å². The Bertz CT molecular complexity index is 440. The minimum atomic E-state index is -3.16. The van der Waals surface area contributed by atoms with Crippen molar-refractivity contribution in [3.8, 4) is 0 Å². The summed E-state index contributed by atoms with van der Waals surface area (Å²) in [6, 6.07) is 4.34. The number of hydrogen-bond donors (Lipinski definition) is 3. The van der Waals surface area contributed by atoms with E-state index in [0.717, 1.165) is 0 Å². The number of carbonyl (C=O) groups is 1. The summed E-state index contributed by atoms with van der Waals surface area (Å²) in [4.78, 5) is 10.7. The summed E-state index contributed by atoms with van der Waals surface area (Å²) < 4.78 is 26.0. The monoisotopic (exact) mass is 323 g/mol. The molecule has 0 fully saturated rings. The molecule has 0 aliphatic carbocycles. The maximum atomic E-state index is 12.7. The fourth-order valence-corrected chi connectivity index (χ4v) is 1.78. The van der Waals surface area contributed by atoms with Gasteiger partial charge in [-0.15, -0.1) is 0 Å². The first-order valence-electron chi connectivity index (χ1n) is 5.07. The Morgan fingerprint density at radius 1 is 1.44 bits per heavy atom. The van der Waals surface area contributed by atoms with Gasteiger partial charge in [0.25, 0.3) is 5.92 Å². The molecule has 0 heterocycles. The molecule has 0 radical (unpaired) electrons. The fraction of sp³-hybridized carbons (Fsp3) is 0.364. The van der Waals surface area contributed by atoms with Crippen LogP contribution in [0.15, 0.2) is 22.7 Å². The number of carboxylic acid groups (broad SMARTS) is 1. The van der Waals surface area contributed by atoms with E-state index < -0.39 is 25.0 Å². The van der Waals surface area contributed by atoms with E-state index in [0.29, 0.717) is 10.0 Å². The Hall–Kier alpha value is -1.05. The summed E-state index contributed by atoms with van der Waals surface area (Å²) in [6.45, 7) is -1.70. The van der Waals surface area contributed by atoms with E-state index in [4.69, 9.17) is 10.2 Å². The Balaban J connectivity index is 2.61. The van der Waals surface area contributed by atoms with Gasteiger partial charge in [0.15, 0.2) is 0 Å². The van der Waals surface area contributed by atoms with Crippen LogP contribution in [0.4, 0.5) is 8.78 Å². The minimum Gasteiger partial charge on any atom is -0.478 e. The Morgan fingerprint density at radius 3 is 2.61 bits per heavy atom. The number of alkyl halides is 2. The Kier molecular flexibility index (Phi) is 5.18. The molecule has 1 aromatic carbocycles. The molecule has 1 rings (SSSR count). The summed E-state index contributed by atoms with van der Waals surface area (Å²) in [7, 11) is 0. The van der Waals surface area contributed by atoms with Crippen LogP contribution in [0.1, 0.15) is 15.9 Å². The first-order chi connectivity index (χ1) is 8.35. The van der Waals surface area contributed by atoms with Crippen LogP contribution in [-0.2, 0) is 6.54 Å². The van der Waals surface area contributed by atoms with E-state index in [1.807, 2.05) is 0 Å². The van der Waals surface area contributed by atoms with Crippen LogP contribution < -0.4 is 5.32 Å². The van der Waals surface area contributed by atoms with Gasteiger partial charge in [-0.05, 0) is 17.7 Å². The van der Waals surface area contributed by atoms with Crippen molar-refractivity contribution in [1.29, 1.82) is 0 Å². The third-order valence-electron chi connectivity index (χ3n) is 2.23. The normalized spacial score (nSPS) is 11.6. The second-order valence-corrected chi connectivity index (χ2v) is 4.58. The van der Waals surface area contributed by atoms with Crippen molar-refractivity contribution < 1.29 is 23.8 Å². The summed E-state index contributed by atoms with van der Waals surface area (Å²) in [5.41, 5.74) is 0.778. The van der Waals surface area contributed by atoms with E-state index in [-0.39, 0.29) is 12.1 Å². The predicted molar refractivity (Wildman–Crippen MR) is 64.8 cm³/mol. The average molecular weight is 324 g/mol. The zero-order chi connectivity index (χ0) is 13.8. The molecule has 0 atom stereocenters. The minimum absolute atomic E-state index is 0.117. The van der Waals surface area contributed by atoms with Gasteiger partial charge in [0.2, 0.25) is 0 Å². The molecule has 0 bridgehead atoms.